The number of nitrogens with one attached hydrogen (secondary N) is 2. The number of benzene rings is 2. The van der Waals surface area contributed by atoms with Crippen LogP contribution in [0.15, 0.2) is 48.5 Å². The molecule has 0 aliphatic rings. The van der Waals surface area contributed by atoms with Gasteiger partial charge in [0.25, 0.3) is 0 Å². The largest absolute Gasteiger partial charge is 0.326 e. The summed E-state index contributed by atoms with van der Waals surface area (Å²) in [5.74, 6) is 0.101. The number of amides is 2. The number of unbranched alkanes of at least 4 members (excludes halogenated alkanes) is 10. The number of rotatable bonds is 24. The molecule has 0 spiro atoms. The second kappa shape index (κ2) is 22.8. The summed E-state index contributed by atoms with van der Waals surface area (Å²) < 4.78 is 0. The molecule has 0 aromatic heterocycles. The van der Waals surface area contributed by atoms with Crippen molar-refractivity contribution in [2.45, 2.75) is 110 Å². The van der Waals surface area contributed by atoms with Crippen molar-refractivity contribution in [2.24, 2.45) is 0 Å². The van der Waals surface area contributed by atoms with Gasteiger partial charge in [-0.05, 0) is 81.8 Å². The molecule has 2 rings (SSSR count). The van der Waals surface area contributed by atoms with Crippen LogP contribution >= 0.6 is 0 Å². The van der Waals surface area contributed by atoms with Crippen LogP contribution in [-0.2, 0) is 16.0 Å². The second-order valence-corrected chi connectivity index (χ2v) is 12.3. The molecule has 6 heteroatoms. The average Bonchev–Trinajstić information content (AvgIpc) is 2.99. The Bertz CT molecular complexity index is 959. The Labute approximate surface area is 263 Å². The number of hydrogen-bond acceptors (Lipinski definition) is 4. The molecule has 2 N–H and O–H groups in total. The van der Waals surface area contributed by atoms with E-state index in [1.54, 1.807) is 0 Å². The van der Waals surface area contributed by atoms with Gasteiger partial charge in [0.05, 0.1) is 0 Å². The topological polar surface area (TPSA) is 64.7 Å². The highest BCUT2D eigenvalue weighted by molar-refractivity contribution is 5.91. The minimum absolute atomic E-state index is 0.0503. The van der Waals surface area contributed by atoms with Gasteiger partial charge in [-0.25, -0.2) is 0 Å². The summed E-state index contributed by atoms with van der Waals surface area (Å²) in [5, 5.41) is 6.14. The Hall–Kier alpha value is -2.70. The van der Waals surface area contributed by atoms with Crippen LogP contribution in [-0.4, -0.2) is 61.9 Å². The van der Waals surface area contributed by atoms with Gasteiger partial charge < -0.3 is 20.4 Å². The molecule has 0 aliphatic carbocycles. The lowest BCUT2D eigenvalue weighted by Crippen LogP contribution is -2.25. The highest BCUT2D eigenvalue weighted by atomic mass is 16.2. The molecular formula is C37H60N4O2. The van der Waals surface area contributed by atoms with E-state index in [1.807, 2.05) is 36.4 Å². The maximum absolute atomic E-state index is 12.6. The fraction of sp³-hybridized carbons (Fsp3) is 0.622. The summed E-state index contributed by atoms with van der Waals surface area (Å²) in [5.41, 5.74) is 3.90. The molecule has 0 saturated heterocycles. The molecule has 0 unspecified atom stereocenters. The van der Waals surface area contributed by atoms with Crippen LogP contribution in [0.5, 0.6) is 0 Å². The minimum Gasteiger partial charge on any atom is -0.326 e. The summed E-state index contributed by atoms with van der Waals surface area (Å²) >= 11 is 0. The first kappa shape index (κ1) is 36.5. The van der Waals surface area contributed by atoms with E-state index in [1.165, 1.54) is 77.0 Å². The maximum atomic E-state index is 12.6. The number of hydrogen-bond donors (Lipinski definition) is 2. The van der Waals surface area contributed by atoms with E-state index in [-0.39, 0.29) is 11.8 Å². The summed E-state index contributed by atoms with van der Waals surface area (Å²) in [4.78, 5) is 29.7. The highest BCUT2D eigenvalue weighted by Crippen LogP contribution is 2.18. The zero-order chi connectivity index (χ0) is 31.1. The van der Waals surface area contributed by atoms with Crippen molar-refractivity contribution in [3.8, 4) is 0 Å². The zero-order valence-corrected chi connectivity index (χ0v) is 27.8. The van der Waals surface area contributed by atoms with Crippen molar-refractivity contribution in [1.82, 2.24) is 9.80 Å². The van der Waals surface area contributed by atoms with Crippen LogP contribution in [0.25, 0.3) is 0 Å². The Balaban J connectivity index is 1.71. The van der Waals surface area contributed by atoms with Crippen molar-refractivity contribution >= 4 is 23.2 Å². The lowest BCUT2D eigenvalue weighted by atomic mass is 10.0. The predicted molar refractivity (Wildman–Crippen MR) is 184 cm³/mol. The van der Waals surface area contributed by atoms with Gasteiger partial charge in [0.15, 0.2) is 0 Å². The minimum atomic E-state index is 0.0503. The molecule has 0 atom stereocenters. The van der Waals surface area contributed by atoms with E-state index in [9.17, 15) is 9.59 Å². The molecule has 2 aromatic rings. The number of carbonyl (C=O) groups is 2. The SMILES string of the molecule is CCCCCCCCN(C)CCC(=O)Nc1cccc(Cc2cccc(NC(=O)CCN(C)CCCCCCCC)c2)c1. The summed E-state index contributed by atoms with van der Waals surface area (Å²) in [6.45, 7) is 8.13. The fourth-order valence-electron chi connectivity index (χ4n) is 5.33. The van der Waals surface area contributed by atoms with Gasteiger partial charge in [0.1, 0.15) is 0 Å². The summed E-state index contributed by atoms with van der Waals surface area (Å²) in [7, 11) is 4.21. The molecular weight excluding hydrogens is 532 g/mol. The van der Waals surface area contributed by atoms with Gasteiger partial charge in [-0.15, -0.1) is 0 Å². The zero-order valence-electron chi connectivity index (χ0n) is 27.8. The first-order chi connectivity index (χ1) is 20.9. The molecule has 0 bridgehead atoms. The maximum Gasteiger partial charge on any atom is 0.225 e. The monoisotopic (exact) mass is 592 g/mol. The van der Waals surface area contributed by atoms with Crippen molar-refractivity contribution in [2.75, 3.05) is 50.9 Å². The molecule has 0 aliphatic heterocycles. The predicted octanol–water partition coefficient (Wildman–Crippen LogP) is 8.52. The van der Waals surface area contributed by atoms with Gasteiger partial charge in [-0.3, -0.25) is 9.59 Å². The fourth-order valence-corrected chi connectivity index (χ4v) is 5.33. The van der Waals surface area contributed by atoms with E-state index >= 15 is 0 Å². The molecule has 0 heterocycles. The molecule has 6 nitrogen and oxygen atoms in total. The van der Waals surface area contributed by atoms with Crippen LogP contribution in [0.1, 0.15) is 115 Å². The Morgan fingerprint density at radius 2 is 0.953 bits per heavy atom. The van der Waals surface area contributed by atoms with Gasteiger partial charge in [-0.2, -0.15) is 0 Å². The number of anilines is 2. The first-order valence-electron chi connectivity index (χ1n) is 17.0. The third-order valence-corrected chi connectivity index (χ3v) is 8.06. The van der Waals surface area contributed by atoms with Crippen LogP contribution < -0.4 is 10.6 Å². The Morgan fingerprint density at radius 1 is 0.558 bits per heavy atom. The quantitative estimate of drug-likeness (QED) is 0.120. The van der Waals surface area contributed by atoms with Crippen LogP contribution in [0.4, 0.5) is 11.4 Å². The van der Waals surface area contributed by atoms with Crippen molar-refractivity contribution in [3.05, 3.63) is 59.7 Å². The second-order valence-electron chi connectivity index (χ2n) is 12.3. The molecule has 0 saturated carbocycles. The van der Waals surface area contributed by atoms with Gasteiger partial charge in [-0.1, -0.05) is 102 Å². The standard InChI is InChI=1S/C37H60N4O2/c1-5-7-9-11-13-15-25-40(3)27-23-36(42)38-34-21-17-19-32(30-34)29-33-20-18-22-35(31-33)39-37(43)24-28-41(4)26-16-14-12-10-8-6-2/h17-22,30-31H,5-16,23-29H2,1-4H3,(H,38,42)(H,39,43). The number of carbonyl (C=O) groups excluding carboxylic acids is 2. The lowest BCUT2D eigenvalue weighted by Gasteiger charge is -2.16. The third-order valence-electron chi connectivity index (χ3n) is 8.06. The number of nitrogens with zero attached hydrogens (tertiary/aromatic N) is 2. The average molecular weight is 593 g/mol. The van der Waals surface area contributed by atoms with Gasteiger partial charge >= 0.3 is 0 Å². The Morgan fingerprint density at radius 3 is 1.37 bits per heavy atom. The highest BCUT2D eigenvalue weighted by Gasteiger charge is 2.08. The summed E-state index contributed by atoms with van der Waals surface area (Å²) in [6.07, 6.45) is 17.2. The van der Waals surface area contributed by atoms with Crippen LogP contribution in [0, 0.1) is 0 Å². The van der Waals surface area contributed by atoms with Crippen molar-refractivity contribution in [3.63, 3.8) is 0 Å². The molecule has 2 aromatic carbocycles. The van der Waals surface area contributed by atoms with Gasteiger partial charge in [0, 0.05) is 37.3 Å². The molecule has 0 radical (unpaired) electrons. The molecule has 43 heavy (non-hydrogen) atoms. The molecule has 240 valence electrons. The van der Waals surface area contributed by atoms with E-state index in [2.05, 4.69) is 60.5 Å². The molecule has 2 amide bonds. The van der Waals surface area contributed by atoms with E-state index in [0.29, 0.717) is 12.8 Å². The first-order valence-corrected chi connectivity index (χ1v) is 17.0. The smallest absolute Gasteiger partial charge is 0.225 e. The Kier molecular flexibility index (Phi) is 19.3. The summed E-state index contributed by atoms with van der Waals surface area (Å²) in [6, 6.07) is 16.1. The molecule has 0 fully saturated rings. The third kappa shape index (κ3) is 17.9. The lowest BCUT2D eigenvalue weighted by molar-refractivity contribution is -0.117. The van der Waals surface area contributed by atoms with E-state index < -0.39 is 0 Å². The van der Waals surface area contributed by atoms with Crippen LogP contribution in [0.3, 0.4) is 0 Å². The van der Waals surface area contributed by atoms with Crippen LogP contribution in [0.2, 0.25) is 0 Å². The van der Waals surface area contributed by atoms with Crippen molar-refractivity contribution in [1.29, 1.82) is 0 Å². The normalized spacial score (nSPS) is 11.3. The van der Waals surface area contributed by atoms with E-state index in [0.717, 1.165) is 55.1 Å². The van der Waals surface area contributed by atoms with Crippen molar-refractivity contribution < 1.29 is 9.59 Å². The van der Waals surface area contributed by atoms with Gasteiger partial charge in [0.2, 0.25) is 11.8 Å². The van der Waals surface area contributed by atoms with E-state index in [4.69, 9.17) is 0 Å².